The Morgan fingerprint density at radius 1 is 0.513 bits per heavy atom. The Morgan fingerprint density at radius 3 is 1.23 bits per heavy atom. The van der Waals surface area contributed by atoms with E-state index in [1.54, 1.807) is 0 Å². The molecule has 1 rings (SSSR count). The number of hydrogen-bond donors (Lipinski definition) is 3. The van der Waals surface area contributed by atoms with Crippen LogP contribution in [0.5, 0.6) is 0 Å². The summed E-state index contributed by atoms with van der Waals surface area (Å²) in [6, 6.07) is 1.05. The molecule has 3 N–H and O–H groups in total. The Morgan fingerprint density at radius 2 is 0.872 bits per heavy atom. The van der Waals surface area contributed by atoms with E-state index in [1.807, 2.05) is 0 Å². The minimum Gasteiger partial charge on any atom is -0.478 e. The zero-order valence-corrected chi connectivity index (χ0v) is 25.0. The molecule has 0 unspecified atom stereocenters. The molecule has 0 aliphatic rings. The quantitative estimate of drug-likeness (QED) is 0.118. The number of carboxylic acid groups (broad SMARTS) is 3. The van der Waals surface area contributed by atoms with Gasteiger partial charge >= 0.3 is 17.9 Å². The second-order valence-electron chi connectivity index (χ2n) is 12.0. The SMILES string of the molecule is CC(C)CCCCCCCCCc1c(C(=O)O)cc(C(=O)O)c(C(=O)O)c1CCCCCCCCCC(C)C. The van der Waals surface area contributed by atoms with Crippen LogP contribution in [0.25, 0.3) is 0 Å². The molecule has 0 aromatic heterocycles. The fraction of sp³-hybridized carbons (Fsp3) is 0.727. The maximum atomic E-state index is 12.2. The van der Waals surface area contributed by atoms with Crippen molar-refractivity contribution in [3.8, 4) is 0 Å². The molecule has 1 aromatic rings. The third-order valence-electron chi connectivity index (χ3n) is 7.64. The Hall–Kier alpha value is -2.37. The molecule has 1 aromatic carbocycles. The molecule has 0 amide bonds. The fourth-order valence-corrected chi connectivity index (χ4v) is 5.42. The summed E-state index contributed by atoms with van der Waals surface area (Å²) >= 11 is 0. The Kier molecular flexibility index (Phi) is 17.5. The lowest BCUT2D eigenvalue weighted by Crippen LogP contribution is -2.18. The van der Waals surface area contributed by atoms with Gasteiger partial charge in [-0.1, -0.05) is 118 Å². The van der Waals surface area contributed by atoms with Crippen molar-refractivity contribution >= 4 is 17.9 Å². The van der Waals surface area contributed by atoms with Crippen LogP contribution in [0, 0.1) is 11.8 Å². The summed E-state index contributed by atoms with van der Waals surface area (Å²) in [5.74, 6) is -2.42. The zero-order chi connectivity index (χ0) is 29.2. The molecule has 0 aliphatic heterocycles. The highest BCUT2D eigenvalue weighted by atomic mass is 16.4. The number of rotatable bonds is 23. The van der Waals surface area contributed by atoms with Crippen molar-refractivity contribution in [1.82, 2.24) is 0 Å². The van der Waals surface area contributed by atoms with E-state index < -0.39 is 23.5 Å². The Bertz CT molecular complexity index is 887. The maximum Gasteiger partial charge on any atom is 0.336 e. The van der Waals surface area contributed by atoms with E-state index >= 15 is 0 Å². The molecule has 39 heavy (non-hydrogen) atoms. The molecule has 0 bridgehead atoms. The van der Waals surface area contributed by atoms with Crippen molar-refractivity contribution in [2.45, 2.75) is 143 Å². The smallest absolute Gasteiger partial charge is 0.336 e. The van der Waals surface area contributed by atoms with Gasteiger partial charge in [0.2, 0.25) is 0 Å². The molecule has 0 aliphatic carbocycles. The van der Waals surface area contributed by atoms with Gasteiger partial charge in [0.25, 0.3) is 0 Å². The number of aromatic carboxylic acids is 3. The molecule has 6 nitrogen and oxygen atoms in total. The van der Waals surface area contributed by atoms with Gasteiger partial charge < -0.3 is 15.3 Å². The van der Waals surface area contributed by atoms with Crippen LogP contribution in [-0.4, -0.2) is 33.2 Å². The third kappa shape index (κ3) is 14.0. The summed E-state index contributed by atoms with van der Waals surface area (Å²) in [6.45, 7) is 8.97. The van der Waals surface area contributed by atoms with Crippen molar-refractivity contribution in [3.05, 3.63) is 33.9 Å². The molecule has 0 spiro atoms. The van der Waals surface area contributed by atoms with E-state index in [0.717, 1.165) is 69.3 Å². The highest BCUT2D eigenvalue weighted by molar-refractivity contribution is 6.05. The van der Waals surface area contributed by atoms with Gasteiger partial charge in [-0.05, 0) is 54.7 Å². The molecule has 0 saturated heterocycles. The van der Waals surface area contributed by atoms with E-state index in [2.05, 4.69) is 27.7 Å². The lowest BCUT2D eigenvalue weighted by molar-refractivity contribution is 0.0647. The van der Waals surface area contributed by atoms with E-state index in [1.165, 1.54) is 51.4 Å². The second-order valence-corrected chi connectivity index (χ2v) is 12.0. The van der Waals surface area contributed by atoms with E-state index in [4.69, 9.17) is 0 Å². The largest absolute Gasteiger partial charge is 0.478 e. The fourth-order valence-electron chi connectivity index (χ4n) is 5.42. The molecule has 0 fully saturated rings. The Labute approximate surface area is 236 Å². The van der Waals surface area contributed by atoms with Gasteiger partial charge in [-0.15, -0.1) is 0 Å². The summed E-state index contributed by atoms with van der Waals surface area (Å²) in [5.41, 5.74) is 0.193. The number of benzene rings is 1. The molecular weight excluding hydrogens is 492 g/mol. The van der Waals surface area contributed by atoms with Crippen molar-refractivity contribution < 1.29 is 29.7 Å². The third-order valence-corrected chi connectivity index (χ3v) is 7.64. The summed E-state index contributed by atoms with van der Waals surface area (Å²) < 4.78 is 0. The molecule has 0 saturated carbocycles. The van der Waals surface area contributed by atoms with Crippen LogP contribution in [0.2, 0.25) is 0 Å². The standard InChI is InChI=1S/C33H54O6/c1-24(2)19-15-11-7-5-9-13-17-21-26-27(22-18-14-10-6-8-12-16-20-25(3)4)30(33(38)39)29(32(36)37)23-28(26)31(34)35/h23-25H,5-22H2,1-4H3,(H,34,35)(H,36,37)(H,38,39). The molecule has 0 atom stereocenters. The number of carboxylic acids is 3. The van der Waals surface area contributed by atoms with Crippen LogP contribution in [0.4, 0.5) is 0 Å². The number of carbonyl (C=O) groups is 3. The summed E-state index contributed by atoms with van der Waals surface area (Å²) in [7, 11) is 0. The molecule has 222 valence electrons. The highest BCUT2D eigenvalue weighted by Crippen LogP contribution is 2.29. The predicted octanol–water partition coefficient (Wildman–Crippen LogP) is 9.42. The van der Waals surface area contributed by atoms with Crippen molar-refractivity contribution in [1.29, 1.82) is 0 Å². The van der Waals surface area contributed by atoms with E-state index in [9.17, 15) is 29.7 Å². The molecule has 0 radical (unpaired) electrons. The zero-order valence-electron chi connectivity index (χ0n) is 25.0. The summed E-state index contributed by atoms with van der Waals surface area (Å²) in [5, 5.41) is 29.5. The minimum atomic E-state index is -1.40. The van der Waals surface area contributed by atoms with Crippen LogP contribution >= 0.6 is 0 Å². The molecule has 0 heterocycles. The van der Waals surface area contributed by atoms with Crippen molar-refractivity contribution in [3.63, 3.8) is 0 Å². The van der Waals surface area contributed by atoms with Gasteiger partial charge in [-0.2, -0.15) is 0 Å². The van der Waals surface area contributed by atoms with Gasteiger partial charge in [-0.25, -0.2) is 14.4 Å². The lowest BCUT2D eigenvalue weighted by Gasteiger charge is -2.18. The lowest BCUT2D eigenvalue weighted by atomic mass is 9.85. The molecular formula is C33H54O6. The number of hydrogen-bond acceptors (Lipinski definition) is 3. The van der Waals surface area contributed by atoms with Gasteiger partial charge in [0.15, 0.2) is 0 Å². The summed E-state index contributed by atoms with van der Waals surface area (Å²) in [4.78, 5) is 36.2. The van der Waals surface area contributed by atoms with Gasteiger partial charge in [0.1, 0.15) is 0 Å². The monoisotopic (exact) mass is 546 g/mol. The number of unbranched alkanes of at least 4 members (excludes halogenated alkanes) is 12. The first-order valence-corrected chi connectivity index (χ1v) is 15.4. The summed E-state index contributed by atoms with van der Waals surface area (Å²) in [6.07, 6.45) is 18.5. The van der Waals surface area contributed by atoms with E-state index in [-0.39, 0.29) is 11.1 Å². The van der Waals surface area contributed by atoms with Crippen LogP contribution in [0.15, 0.2) is 6.07 Å². The van der Waals surface area contributed by atoms with Crippen molar-refractivity contribution in [2.75, 3.05) is 0 Å². The van der Waals surface area contributed by atoms with Gasteiger partial charge in [0, 0.05) is 0 Å². The van der Waals surface area contributed by atoms with E-state index in [0.29, 0.717) is 24.0 Å². The first-order valence-electron chi connectivity index (χ1n) is 15.4. The predicted molar refractivity (Wildman–Crippen MR) is 158 cm³/mol. The van der Waals surface area contributed by atoms with Gasteiger partial charge in [0.05, 0.1) is 16.7 Å². The van der Waals surface area contributed by atoms with Crippen molar-refractivity contribution in [2.24, 2.45) is 11.8 Å². The Balaban J connectivity index is 2.85. The first kappa shape index (κ1) is 34.7. The van der Waals surface area contributed by atoms with Crippen LogP contribution in [0.1, 0.15) is 173 Å². The average molecular weight is 547 g/mol. The van der Waals surface area contributed by atoms with Crippen LogP contribution < -0.4 is 0 Å². The molecule has 6 heteroatoms. The normalized spacial score (nSPS) is 11.4. The highest BCUT2D eigenvalue weighted by Gasteiger charge is 2.27. The van der Waals surface area contributed by atoms with Gasteiger partial charge in [-0.3, -0.25) is 0 Å². The minimum absolute atomic E-state index is 0.0637. The maximum absolute atomic E-state index is 12.2. The first-order chi connectivity index (χ1) is 18.6. The topological polar surface area (TPSA) is 112 Å². The van der Waals surface area contributed by atoms with Crippen LogP contribution in [-0.2, 0) is 12.8 Å². The second kappa shape index (κ2) is 19.7. The van der Waals surface area contributed by atoms with Crippen LogP contribution in [0.3, 0.4) is 0 Å². The average Bonchev–Trinajstić information content (AvgIpc) is 2.85.